The van der Waals surface area contributed by atoms with E-state index in [0.717, 1.165) is 24.8 Å². The molecule has 1 aliphatic carbocycles. The molecule has 0 bridgehead atoms. The van der Waals surface area contributed by atoms with Gasteiger partial charge >= 0.3 is 0 Å². The average Bonchev–Trinajstić information content (AvgIpc) is 3.13. The number of sulfonamides is 1. The van der Waals surface area contributed by atoms with Crippen LogP contribution in [0.4, 0.5) is 0 Å². The maximum absolute atomic E-state index is 12.7. The van der Waals surface area contributed by atoms with E-state index in [1.165, 1.54) is 26.9 Å². The molecule has 6 nitrogen and oxygen atoms in total. The Kier molecular flexibility index (Phi) is 5.38. The summed E-state index contributed by atoms with van der Waals surface area (Å²) in [4.78, 5) is 0.289. The van der Waals surface area contributed by atoms with Crippen molar-refractivity contribution in [2.75, 3.05) is 21.3 Å². The predicted molar refractivity (Wildman–Crippen MR) is 98.6 cm³/mol. The number of aryl methyl sites for hydroxylation is 2. The maximum atomic E-state index is 12.7. The van der Waals surface area contributed by atoms with Crippen LogP contribution >= 0.6 is 0 Å². The van der Waals surface area contributed by atoms with Crippen LogP contribution in [0.5, 0.6) is 17.2 Å². The largest absolute Gasteiger partial charge is 0.496 e. The minimum Gasteiger partial charge on any atom is -0.496 e. The SMILES string of the molecule is COc1cc(OC)c(OC)cc1CNS(=O)(=O)c1ccc2c(c1)CCC2. The Balaban J connectivity index is 1.83. The first-order valence-electron chi connectivity index (χ1n) is 8.39. The third-order valence-corrected chi connectivity index (χ3v) is 6.02. The van der Waals surface area contributed by atoms with Gasteiger partial charge in [-0.15, -0.1) is 0 Å². The first-order chi connectivity index (χ1) is 12.5. The maximum Gasteiger partial charge on any atom is 0.240 e. The molecule has 0 amide bonds. The topological polar surface area (TPSA) is 73.9 Å². The van der Waals surface area contributed by atoms with Crippen molar-refractivity contribution >= 4 is 10.0 Å². The zero-order chi connectivity index (χ0) is 18.7. The Morgan fingerprint density at radius 1 is 0.885 bits per heavy atom. The standard InChI is InChI=1S/C19H23NO5S/c1-23-17-11-19(25-3)18(24-2)10-15(17)12-20-26(21,22)16-8-7-13-5-4-6-14(13)9-16/h7-11,20H,4-6,12H2,1-3H3. The zero-order valence-electron chi connectivity index (χ0n) is 15.2. The zero-order valence-corrected chi connectivity index (χ0v) is 16.0. The number of methoxy groups -OCH3 is 3. The summed E-state index contributed by atoms with van der Waals surface area (Å²) in [6, 6.07) is 8.74. The van der Waals surface area contributed by atoms with Gasteiger partial charge in [0, 0.05) is 18.2 Å². The number of rotatable bonds is 7. The van der Waals surface area contributed by atoms with Crippen molar-refractivity contribution in [1.82, 2.24) is 4.72 Å². The van der Waals surface area contributed by atoms with Gasteiger partial charge in [-0.3, -0.25) is 0 Å². The molecular weight excluding hydrogens is 354 g/mol. The molecule has 0 spiro atoms. The summed E-state index contributed by atoms with van der Waals surface area (Å²) in [5, 5.41) is 0. The first-order valence-corrected chi connectivity index (χ1v) is 9.87. The van der Waals surface area contributed by atoms with Crippen molar-refractivity contribution in [2.24, 2.45) is 0 Å². The highest BCUT2D eigenvalue weighted by Gasteiger charge is 2.20. The fourth-order valence-corrected chi connectivity index (χ4v) is 4.26. The van der Waals surface area contributed by atoms with E-state index in [9.17, 15) is 8.42 Å². The number of nitrogens with one attached hydrogen (secondary N) is 1. The number of hydrogen-bond acceptors (Lipinski definition) is 5. The number of fused-ring (bicyclic) bond motifs is 1. The molecule has 0 atom stereocenters. The Morgan fingerprint density at radius 3 is 2.23 bits per heavy atom. The lowest BCUT2D eigenvalue weighted by molar-refractivity contribution is 0.347. The molecule has 0 radical (unpaired) electrons. The van der Waals surface area contributed by atoms with Gasteiger partial charge in [-0.1, -0.05) is 6.07 Å². The van der Waals surface area contributed by atoms with Gasteiger partial charge < -0.3 is 14.2 Å². The number of ether oxygens (including phenoxy) is 3. The Bertz CT molecular complexity index is 908. The number of hydrogen-bond donors (Lipinski definition) is 1. The molecule has 7 heteroatoms. The molecule has 1 N–H and O–H groups in total. The van der Waals surface area contributed by atoms with Gasteiger partial charge in [0.25, 0.3) is 0 Å². The van der Waals surface area contributed by atoms with Crippen molar-refractivity contribution in [3.8, 4) is 17.2 Å². The van der Waals surface area contributed by atoms with E-state index in [-0.39, 0.29) is 11.4 Å². The van der Waals surface area contributed by atoms with Crippen LogP contribution in [0, 0.1) is 0 Å². The molecule has 0 heterocycles. The van der Waals surface area contributed by atoms with Gasteiger partial charge in [-0.2, -0.15) is 0 Å². The molecule has 0 unspecified atom stereocenters. The van der Waals surface area contributed by atoms with Crippen LogP contribution in [0.2, 0.25) is 0 Å². The van der Waals surface area contributed by atoms with Gasteiger partial charge in [0.05, 0.1) is 26.2 Å². The van der Waals surface area contributed by atoms with E-state index in [1.807, 2.05) is 6.07 Å². The second-order valence-electron chi connectivity index (χ2n) is 6.13. The lowest BCUT2D eigenvalue weighted by Gasteiger charge is -2.15. The second-order valence-corrected chi connectivity index (χ2v) is 7.89. The Labute approximate surface area is 154 Å². The molecular formula is C19H23NO5S. The van der Waals surface area contributed by atoms with Crippen LogP contribution in [0.15, 0.2) is 35.2 Å². The summed E-state index contributed by atoms with van der Waals surface area (Å²) >= 11 is 0. The number of benzene rings is 2. The third-order valence-electron chi connectivity index (χ3n) is 4.62. The molecule has 1 aliphatic rings. The molecule has 2 aromatic carbocycles. The van der Waals surface area contributed by atoms with E-state index in [4.69, 9.17) is 14.2 Å². The van der Waals surface area contributed by atoms with E-state index in [2.05, 4.69) is 4.72 Å². The first kappa shape index (κ1) is 18.5. The van der Waals surface area contributed by atoms with Gasteiger partial charge in [0.2, 0.25) is 10.0 Å². The van der Waals surface area contributed by atoms with Crippen LogP contribution in [0.1, 0.15) is 23.1 Å². The fourth-order valence-electron chi connectivity index (χ4n) is 3.20. The predicted octanol–water partition coefficient (Wildman–Crippen LogP) is 2.68. The quantitative estimate of drug-likeness (QED) is 0.803. The average molecular weight is 377 g/mol. The smallest absolute Gasteiger partial charge is 0.240 e. The molecule has 3 rings (SSSR count). The normalized spacial score (nSPS) is 13.3. The lowest BCUT2D eigenvalue weighted by atomic mass is 10.1. The summed E-state index contributed by atoms with van der Waals surface area (Å²) in [5.41, 5.74) is 3.02. The van der Waals surface area contributed by atoms with E-state index in [0.29, 0.717) is 22.8 Å². The molecule has 0 aliphatic heterocycles. The lowest BCUT2D eigenvalue weighted by Crippen LogP contribution is -2.23. The van der Waals surface area contributed by atoms with Crippen LogP contribution < -0.4 is 18.9 Å². The Hall–Kier alpha value is -2.25. The molecule has 0 saturated carbocycles. The van der Waals surface area contributed by atoms with Crippen LogP contribution in [0.3, 0.4) is 0 Å². The van der Waals surface area contributed by atoms with Crippen molar-refractivity contribution in [1.29, 1.82) is 0 Å². The van der Waals surface area contributed by atoms with E-state index < -0.39 is 10.0 Å². The van der Waals surface area contributed by atoms with Gasteiger partial charge in [-0.05, 0) is 48.6 Å². The molecule has 26 heavy (non-hydrogen) atoms. The van der Waals surface area contributed by atoms with Gasteiger partial charge in [0.15, 0.2) is 11.5 Å². The molecule has 2 aromatic rings. The van der Waals surface area contributed by atoms with E-state index in [1.54, 1.807) is 24.3 Å². The molecule has 0 saturated heterocycles. The van der Waals surface area contributed by atoms with Crippen molar-refractivity contribution in [3.05, 3.63) is 47.0 Å². The van der Waals surface area contributed by atoms with Gasteiger partial charge in [0.1, 0.15) is 5.75 Å². The summed E-state index contributed by atoms with van der Waals surface area (Å²) in [6.45, 7) is 0.0863. The summed E-state index contributed by atoms with van der Waals surface area (Å²) < 4.78 is 43.9. The van der Waals surface area contributed by atoms with Crippen molar-refractivity contribution in [2.45, 2.75) is 30.7 Å². The highest BCUT2D eigenvalue weighted by Crippen LogP contribution is 2.34. The summed E-state index contributed by atoms with van der Waals surface area (Å²) in [5.74, 6) is 1.56. The Morgan fingerprint density at radius 2 is 1.54 bits per heavy atom. The molecule has 140 valence electrons. The van der Waals surface area contributed by atoms with Crippen molar-refractivity contribution in [3.63, 3.8) is 0 Å². The van der Waals surface area contributed by atoms with Crippen LogP contribution in [0.25, 0.3) is 0 Å². The molecule has 0 aromatic heterocycles. The fraction of sp³-hybridized carbons (Fsp3) is 0.368. The van der Waals surface area contributed by atoms with Crippen LogP contribution in [-0.2, 0) is 29.4 Å². The second kappa shape index (κ2) is 7.55. The minimum atomic E-state index is -3.62. The summed E-state index contributed by atoms with van der Waals surface area (Å²) in [7, 11) is 0.975. The van der Waals surface area contributed by atoms with Crippen LogP contribution in [-0.4, -0.2) is 29.7 Å². The molecule has 0 fully saturated rings. The summed E-state index contributed by atoms with van der Waals surface area (Å²) in [6.07, 6.45) is 3.03. The van der Waals surface area contributed by atoms with Gasteiger partial charge in [-0.25, -0.2) is 13.1 Å². The minimum absolute atomic E-state index is 0.0863. The van der Waals surface area contributed by atoms with E-state index >= 15 is 0 Å². The highest BCUT2D eigenvalue weighted by molar-refractivity contribution is 7.89. The monoisotopic (exact) mass is 377 g/mol. The van der Waals surface area contributed by atoms with Crippen molar-refractivity contribution < 1.29 is 22.6 Å². The highest BCUT2D eigenvalue weighted by atomic mass is 32.2. The third kappa shape index (κ3) is 3.64.